The number of nitrogens with zero attached hydrogens (tertiary/aromatic N) is 6. The molecule has 1 fully saturated rings. The molecule has 7 rings (SSSR count). The highest BCUT2D eigenvalue weighted by molar-refractivity contribution is 5.97. The Balaban J connectivity index is 1.29. The average Bonchev–Trinajstić information content (AvgIpc) is 3.59. The molecular weight excluding hydrogens is 479 g/mol. The van der Waals surface area contributed by atoms with Gasteiger partial charge in [-0.05, 0) is 73.5 Å². The van der Waals surface area contributed by atoms with Crippen molar-refractivity contribution in [3.8, 4) is 33.9 Å². The second-order valence-corrected chi connectivity index (χ2v) is 9.75. The van der Waals surface area contributed by atoms with E-state index in [1.807, 2.05) is 30.5 Å². The van der Waals surface area contributed by atoms with Gasteiger partial charge >= 0.3 is 0 Å². The quantitative estimate of drug-likeness (QED) is 0.310. The summed E-state index contributed by atoms with van der Waals surface area (Å²) in [5.41, 5.74) is 6.87. The highest BCUT2D eigenvalue weighted by Crippen LogP contribution is 2.33. The van der Waals surface area contributed by atoms with E-state index < -0.39 is 5.82 Å². The molecule has 0 atom stereocenters. The number of benzene rings is 1. The predicted molar refractivity (Wildman–Crippen MR) is 145 cm³/mol. The van der Waals surface area contributed by atoms with Crippen molar-refractivity contribution in [3.05, 3.63) is 78.8 Å². The smallest absolute Gasteiger partial charge is 0.157 e. The van der Waals surface area contributed by atoms with Crippen molar-refractivity contribution in [1.82, 2.24) is 40.0 Å². The van der Waals surface area contributed by atoms with Gasteiger partial charge in [0.15, 0.2) is 11.6 Å². The summed E-state index contributed by atoms with van der Waals surface area (Å²) < 4.78 is 15.3. The molecule has 38 heavy (non-hydrogen) atoms. The van der Waals surface area contributed by atoms with Gasteiger partial charge in [0.1, 0.15) is 16.7 Å². The standard InChI is InChI=1S/C29H25FN8/c30-23-14-20(21-12-18(15-32-16-21)17-38-10-2-1-3-11-38)13-22-26(23)36-37-27(22)29-34-24-6-9-33-25(28(24)35-29)19-4-7-31-8-5-19/h4-9,12-16H,1-3,10-11,17H2,(H,34,35)(H,36,37). The number of piperidine rings is 1. The number of aromatic amines is 2. The van der Waals surface area contributed by atoms with E-state index in [9.17, 15) is 0 Å². The van der Waals surface area contributed by atoms with Gasteiger partial charge in [-0.2, -0.15) is 5.10 Å². The molecular formula is C29H25FN8. The summed E-state index contributed by atoms with van der Waals surface area (Å²) in [4.78, 5) is 23.8. The first-order valence-electron chi connectivity index (χ1n) is 12.8. The Morgan fingerprint density at radius 3 is 2.58 bits per heavy atom. The van der Waals surface area contributed by atoms with Gasteiger partial charge in [0.05, 0.1) is 11.2 Å². The summed E-state index contributed by atoms with van der Waals surface area (Å²) in [5.74, 6) is 0.177. The molecule has 1 aliphatic heterocycles. The molecule has 5 aromatic heterocycles. The Morgan fingerprint density at radius 2 is 1.71 bits per heavy atom. The average molecular weight is 505 g/mol. The van der Waals surface area contributed by atoms with Crippen molar-refractivity contribution in [3.63, 3.8) is 0 Å². The zero-order valence-electron chi connectivity index (χ0n) is 20.7. The van der Waals surface area contributed by atoms with E-state index in [2.05, 4.69) is 41.1 Å². The van der Waals surface area contributed by atoms with Crippen LogP contribution in [0.1, 0.15) is 24.8 Å². The van der Waals surface area contributed by atoms with E-state index in [0.29, 0.717) is 16.9 Å². The minimum atomic E-state index is -0.392. The Kier molecular flexibility index (Phi) is 5.62. The van der Waals surface area contributed by atoms with Gasteiger partial charge in [-0.25, -0.2) is 9.37 Å². The number of imidazole rings is 1. The number of rotatable bonds is 5. The lowest BCUT2D eigenvalue weighted by molar-refractivity contribution is 0.220. The van der Waals surface area contributed by atoms with E-state index in [1.165, 1.54) is 25.3 Å². The van der Waals surface area contributed by atoms with Crippen LogP contribution in [0.2, 0.25) is 0 Å². The molecule has 6 heterocycles. The van der Waals surface area contributed by atoms with Crippen LogP contribution in [0.25, 0.3) is 55.8 Å². The summed E-state index contributed by atoms with van der Waals surface area (Å²) in [5, 5.41) is 7.92. The van der Waals surface area contributed by atoms with Gasteiger partial charge in [0.25, 0.3) is 0 Å². The largest absolute Gasteiger partial charge is 0.337 e. The van der Waals surface area contributed by atoms with E-state index in [4.69, 9.17) is 4.98 Å². The maximum Gasteiger partial charge on any atom is 0.157 e. The molecule has 8 nitrogen and oxygen atoms in total. The fourth-order valence-corrected chi connectivity index (χ4v) is 5.30. The first kappa shape index (κ1) is 22.7. The van der Waals surface area contributed by atoms with Crippen LogP contribution < -0.4 is 0 Å². The van der Waals surface area contributed by atoms with Crippen molar-refractivity contribution < 1.29 is 4.39 Å². The maximum atomic E-state index is 15.3. The molecule has 1 saturated heterocycles. The number of fused-ring (bicyclic) bond motifs is 2. The molecule has 0 aliphatic carbocycles. The zero-order valence-corrected chi connectivity index (χ0v) is 20.7. The van der Waals surface area contributed by atoms with Crippen LogP contribution in [0.4, 0.5) is 4.39 Å². The Labute approximate surface area is 218 Å². The fraction of sp³-hybridized carbons (Fsp3) is 0.207. The summed E-state index contributed by atoms with van der Waals surface area (Å²) in [6, 6.07) is 11.3. The molecule has 1 aromatic carbocycles. The van der Waals surface area contributed by atoms with Gasteiger partial charge in [-0.15, -0.1) is 0 Å². The molecule has 0 unspecified atom stereocenters. The van der Waals surface area contributed by atoms with Gasteiger partial charge in [-0.1, -0.05) is 6.42 Å². The van der Waals surface area contributed by atoms with Crippen LogP contribution >= 0.6 is 0 Å². The number of aromatic nitrogens is 7. The van der Waals surface area contributed by atoms with Crippen molar-refractivity contribution in [2.45, 2.75) is 25.8 Å². The summed E-state index contributed by atoms with van der Waals surface area (Å²) >= 11 is 0. The van der Waals surface area contributed by atoms with Crippen LogP contribution in [0.3, 0.4) is 0 Å². The molecule has 6 aromatic rings. The Bertz CT molecular complexity index is 1750. The number of pyridine rings is 3. The topological polar surface area (TPSA) is 99.3 Å². The first-order chi connectivity index (χ1) is 18.7. The van der Waals surface area contributed by atoms with Crippen molar-refractivity contribution in [1.29, 1.82) is 0 Å². The van der Waals surface area contributed by atoms with Crippen molar-refractivity contribution in [2.75, 3.05) is 13.1 Å². The van der Waals surface area contributed by atoms with Gasteiger partial charge in [0, 0.05) is 54.0 Å². The van der Waals surface area contributed by atoms with Gasteiger partial charge in [-0.3, -0.25) is 25.0 Å². The van der Waals surface area contributed by atoms with E-state index in [0.717, 1.165) is 58.6 Å². The molecule has 0 saturated carbocycles. The third-order valence-corrected chi connectivity index (χ3v) is 7.19. The number of nitrogens with one attached hydrogen (secondary N) is 2. The first-order valence-corrected chi connectivity index (χ1v) is 12.8. The third kappa shape index (κ3) is 4.10. The van der Waals surface area contributed by atoms with E-state index in [1.54, 1.807) is 24.8 Å². The van der Waals surface area contributed by atoms with Gasteiger partial charge in [0.2, 0.25) is 0 Å². The Morgan fingerprint density at radius 1 is 0.842 bits per heavy atom. The lowest BCUT2D eigenvalue weighted by Crippen LogP contribution is -2.29. The highest BCUT2D eigenvalue weighted by Gasteiger charge is 2.19. The number of halogens is 1. The molecule has 1 aliphatic rings. The maximum absolute atomic E-state index is 15.3. The van der Waals surface area contributed by atoms with Crippen LogP contribution in [0.15, 0.2) is 67.4 Å². The number of hydrogen-bond donors (Lipinski definition) is 2. The fourth-order valence-electron chi connectivity index (χ4n) is 5.30. The van der Waals surface area contributed by atoms with Crippen molar-refractivity contribution in [2.24, 2.45) is 0 Å². The summed E-state index contributed by atoms with van der Waals surface area (Å²) in [7, 11) is 0. The number of H-pyrrole nitrogens is 2. The van der Waals surface area contributed by atoms with E-state index in [-0.39, 0.29) is 5.52 Å². The predicted octanol–water partition coefficient (Wildman–Crippen LogP) is 5.75. The minimum absolute atomic E-state index is 0.272. The molecule has 9 heteroatoms. The van der Waals surface area contributed by atoms with Crippen molar-refractivity contribution >= 4 is 21.9 Å². The Hall–Kier alpha value is -4.50. The van der Waals surface area contributed by atoms with Crippen LogP contribution in [0.5, 0.6) is 0 Å². The molecule has 188 valence electrons. The van der Waals surface area contributed by atoms with Gasteiger partial charge < -0.3 is 4.98 Å². The normalized spacial score (nSPS) is 14.4. The molecule has 0 radical (unpaired) electrons. The molecule has 0 spiro atoms. The summed E-state index contributed by atoms with van der Waals surface area (Å²) in [6.45, 7) is 3.08. The lowest BCUT2D eigenvalue weighted by Gasteiger charge is -2.26. The monoisotopic (exact) mass is 504 g/mol. The minimum Gasteiger partial charge on any atom is -0.337 e. The van der Waals surface area contributed by atoms with Crippen LogP contribution in [-0.2, 0) is 6.54 Å². The molecule has 0 amide bonds. The second kappa shape index (κ2) is 9.42. The second-order valence-electron chi connectivity index (χ2n) is 9.75. The van der Waals surface area contributed by atoms with Crippen LogP contribution in [-0.4, -0.2) is 53.1 Å². The number of likely N-dealkylation sites (tertiary alicyclic amines) is 1. The number of hydrogen-bond acceptors (Lipinski definition) is 6. The highest BCUT2D eigenvalue weighted by atomic mass is 19.1. The lowest BCUT2D eigenvalue weighted by atomic mass is 10.0. The van der Waals surface area contributed by atoms with Crippen LogP contribution in [0, 0.1) is 5.82 Å². The third-order valence-electron chi connectivity index (χ3n) is 7.19. The molecule has 2 N–H and O–H groups in total. The SMILES string of the molecule is Fc1cc(-c2cncc(CN3CCCCC3)c2)cc2c(-c3nc4c(-c5ccncc5)nccc4[nH]3)[nH]nc12. The summed E-state index contributed by atoms with van der Waals surface area (Å²) in [6.07, 6.45) is 12.7. The zero-order chi connectivity index (χ0) is 25.5. The molecule has 0 bridgehead atoms. The van der Waals surface area contributed by atoms with E-state index >= 15 is 4.39 Å².